The van der Waals surface area contributed by atoms with Crippen LogP contribution in [0.3, 0.4) is 0 Å². The normalized spacial score (nSPS) is 14.1. The molecule has 80 valence electrons. The summed E-state index contributed by atoms with van der Waals surface area (Å²) in [5.74, 6) is 1.92. The van der Waals surface area contributed by atoms with Crippen molar-refractivity contribution < 1.29 is 14.6 Å². The van der Waals surface area contributed by atoms with Gasteiger partial charge in [-0.2, -0.15) is 0 Å². The molecule has 4 N–H and O–H groups in total. The minimum Gasteiger partial charge on any atom is -0.394 e. The molecule has 14 heavy (non-hydrogen) atoms. The third kappa shape index (κ3) is 4.82. The molecule has 0 fully saturated rings. The Morgan fingerprint density at radius 2 is 2.43 bits per heavy atom. The minimum atomic E-state index is -0.731. The van der Waals surface area contributed by atoms with E-state index in [0.29, 0.717) is 0 Å². The number of carbonyl (C=O) groups is 1. The number of amides is 1. The van der Waals surface area contributed by atoms with E-state index in [1.807, 2.05) is 0 Å². The Labute approximate surface area is 83.6 Å². The molecule has 0 aliphatic carbocycles. The van der Waals surface area contributed by atoms with Crippen molar-refractivity contribution >= 4 is 5.91 Å². The first kappa shape index (κ1) is 12.9. The van der Waals surface area contributed by atoms with Crippen LogP contribution in [0.2, 0.25) is 0 Å². The zero-order valence-corrected chi connectivity index (χ0v) is 8.19. The molecule has 5 nitrogen and oxygen atoms in total. The van der Waals surface area contributed by atoms with Gasteiger partial charge in [0.1, 0.15) is 0 Å². The first-order valence-corrected chi connectivity index (χ1v) is 4.24. The van der Waals surface area contributed by atoms with Gasteiger partial charge in [-0.1, -0.05) is 0 Å². The van der Waals surface area contributed by atoms with Gasteiger partial charge in [-0.15, -0.1) is 12.3 Å². The monoisotopic (exact) mass is 200 g/mol. The number of terminal acetylenes is 1. The van der Waals surface area contributed by atoms with E-state index in [2.05, 4.69) is 11.2 Å². The fourth-order valence-electron chi connectivity index (χ4n) is 0.869. The highest BCUT2D eigenvalue weighted by atomic mass is 16.5. The summed E-state index contributed by atoms with van der Waals surface area (Å²) in [7, 11) is 1.48. The average Bonchev–Trinajstić information content (AvgIpc) is 2.17. The third-order valence-electron chi connectivity index (χ3n) is 1.61. The molecule has 0 aliphatic rings. The molecule has 2 atom stereocenters. The highest BCUT2D eigenvalue weighted by Crippen LogP contribution is 1.89. The highest BCUT2D eigenvalue weighted by Gasteiger charge is 2.16. The number of aliphatic hydroxyl groups is 1. The van der Waals surface area contributed by atoms with Gasteiger partial charge in [-0.3, -0.25) is 4.79 Å². The maximum absolute atomic E-state index is 11.3. The SMILES string of the molecule is C#CCC(N)C(=O)NC(CO)COC. The Morgan fingerprint density at radius 3 is 2.86 bits per heavy atom. The maximum Gasteiger partial charge on any atom is 0.238 e. The van der Waals surface area contributed by atoms with Crippen molar-refractivity contribution in [3.8, 4) is 12.3 Å². The molecule has 0 aliphatic heterocycles. The molecule has 2 unspecified atom stereocenters. The van der Waals surface area contributed by atoms with Gasteiger partial charge >= 0.3 is 0 Å². The molecule has 0 aromatic carbocycles. The van der Waals surface area contributed by atoms with Crippen molar-refractivity contribution in [3.05, 3.63) is 0 Å². The molecule has 0 heterocycles. The smallest absolute Gasteiger partial charge is 0.238 e. The van der Waals surface area contributed by atoms with Crippen LogP contribution in [0.1, 0.15) is 6.42 Å². The number of hydrogen-bond acceptors (Lipinski definition) is 4. The van der Waals surface area contributed by atoms with Gasteiger partial charge in [0.25, 0.3) is 0 Å². The van der Waals surface area contributed by atoms with Crippen LogP contribution in [0.4, 0.5) is 0 Å². The van der Waals surface area contributed by atoms with E-state index in [1.165, 1.54) is 7.11 Å². The Morgan fingerprint density at radius 1 is 1.79 bits per heavy atom. The Hall–Kier alpha value is -1.09. The topological polar surface area (TPSA) is 84.6 Å². The molecule has 0 rings (SSSR count). The van der Waals surface area contributed by atoms with Crippen molar-refractivity contribution in [3.63, 3.8) is 0 Å². The van der Waals surface area contributed by atoms with E-state index in [0.717, 1.165) is 0 Å². The van der Waals surface area contributed by atoms with Crippen molar-refractivity contribution in [1.29, 1.82) is 0 Å². The maximum atomic E-state index is 11.3. The molecule has 0 radical (unpaired) electrons. The zero-order valence-electron chi connectivity index (χ0n) is 8.19. The number of methoxy groups -OCH3 is 1. The first-order valence-electron chi connectivity index (χ1n) is 4.24. The summed E-state index contributed by atoms with van der Waals surface area (Å²) in [5.41, 5.74) is 5.45. The van der Waals surface area contributed by atoms with Crippen LogP contribution in [-0.2, 0) is 9.53 Å². The number of rotatable bonds is 6. The first-order chi connectivity index (χ1) is 6.65. The van der Waals surface area contributed by atoms with Crippen molar-refractivity contribution in [2.24, 2.45) is 5.73 Å². The van der Waals surface area contributed by atoms with Gasteiger partial charge < -0.3 is 20.9 Å². The van der Waals surface area contributed by atoms with E-state index in [4.69, 9.17) is 22.0 Å². The van der Waals surface area contributed by atoms with Crippen LogP contribution >= 0.6 is 0 Å². The molecule has 5 heteroatoms. The lowest BCUT2D eigenvalue weighted by molar-refractivity contribution is -0.123. The third-order valence-corrected chi connectivity index (χ3v) is 1.61. The van der Waals surface area contributed by atoms with E-state index in [-0.39, 0.29) is 25.5 Å². The summed E-state index contributed by atoms with van der Waals surface area (Å²) in [4.78, 5) is 11.3. The molecule has 0 saturated carbocycles. The Balaban J connectivity index is 3.96. The molecule has 1 amide bonds. The standard InChI is InChI=1S/C9H16N2O3/c1-3-4-8(10)9(13)11-7(5-12)6-14-2/h1,7-8,12H,4-6,10H2,2H3,(H,11,13). The molecule has 0 saturated heterocycles. The fraction of sp³-hybridized carbons (Fsp3) is 0.667. The largest absolute Gasteiger partial charge is 0.394 e. The zero-order chi connectivity index (χ0) is 11.0. The summed E-state index contributed by atoms with van der Waals surface area (Å²) in [6, 6.07) is -1.16. The summed E-state index contributed by atoms with van der Waals surface area (Å²) in [5, 5.41) is 11.4. The molecular formula is C9H16N2O3. The Bertz CT molecular complexity index is 213. The number of aliphatic hydroxyl groups excluding tert-OH is 1. The molecule has 0 spiro atoms. The van der Waals surface area contributed by atoms with E-state index in [1.54, 1.807) is 0 Å². The summed E-state index contributed by atoms with van der Waals surface area (Å²) in [6.45, 7) is 0.0490. The average molecular weight is 200 g/mol. The van der Waals surface area contributed by atoms with Crippen molar-refractivity contribution in [1.82, 2.24) is 5.32 Å². The van der Waals surface area contributed by atoms with Crippen molar-refractivity contribution in [2.75, 3.05) is 20.3 Å². The number of nitrogens with one attached hydrogen (secondary N) is 1. The van der Waals surface area contributed by atoms with E-state index >= 15 is 0 Å². The van der Waals surface area contributed by atoms with E-state index < -0.39 is 12.1 Å². The lowest BCUT2D eigenvalue weighted by Gasteiger charge is -2.17. The van der Waals surface area contributed by atoms with Gasteiger partial charge in [-0.25, -0.2) is 0 Å². The number of nitrogens with two attached hydrogens (primary N) is 1. The van der Waals surface area contributed by atoms with Gasteiger partial charge in [0, 0.05) is 13.5 Å². The van der Waals surface area contributed by atoms with Crippen LogP contribution in [0.25, 0.3) is 0 Å². The number of ether oxygens (including phenoxy) is 1. The molecule has 0 bridgehead atoms. The van der Waals surface area contributed by atoms with Crippen LogP contribution in [0, 0.1) is 12.3 Å². The predicted molar refractivity (Wildman–Crippen MR) is 52.3 cm³/mol. The lowest BCUT2D eigenvalue weighted by atomic mass is 10.2. The predicted octanol–water partition coefficient (Wildman–Crippen LogP) is -1.54. The quantitative estimate of drug-likeness (QED) is 0.454. The fourth-order valence-corrected chi connectivity index (χ4v) is 0.869. The van der Waals surface area contributed by atoms with Crippen molar-refractivity contribution in [2.45, 2.75) is 18.5 Å². The second-order valence-electron chi connectivity index (χ2n) is 2.86. The highest BCUT2D eigenvalue weighted by molar-refractivity contribution is 5.82. The lowest BCUT2D eigenvalue weighted by Crippen LogP contribution is -2.48. The van der Waals surface area contributed by atoms with Gasteiger partial charge in [-0.05, 0) is 0 Å². The summed E-state index contributed by atoms with van der Waals surface area (Å²) in [6.07, 6.45) is 5.18. The Kier molecular flexibility index (Phi) is 6.76. The number of carbonyl (C=O) groups excluding carboxylic acids is 1. The van der Waals surface area contributed by atoms with E-state index in [9.17, 15) is 4.79 Å². The van der Waals surface area contributed by atoms with Crippen LogP contribution < -0.4 is 11.1 Å². The van der Waals surface area contributed by atoms with Gasteiger partial charge in [0.15, 0.2) is 0 Å². The second-order valence-corrected chi connectivity index (χ2v) is 2.86. The minimum absolute atomic E-state index is 0.178. The molecular weight excluding hydrogens is 184 g/mol. The van der Waals surface area contributed by atoms with Gasteiger partial charge in [0.05, 0.1) is 25.3 Å². The summed E-state index contributed by atoms with van der Waals surface area (Å²) >= 11 is 0. The summed E-state index contributed by atoms with van der Waals surface area (Å²) < 4.78 is 4.78. The molecule has 0 aromatic rings. The van der Waals surface area contributed by atoms with Crippen LogP contribution in [0.15, 0.2) is 0 Å². The van der Waals surface area contributed by atoms with Crippen LogP contribution in [0.5, 0.6) is 0 Å². The van der Waals surface area contributed by atoms with Crippen LogP contribution in [-0.4, -0.2) is 43.4 Å². The second kappa shape index (κ2) is 7.33. The molecule has 0 aromatic heterocycles. The van der Waals surface area contributed by atoms with Gasteiger partial charge in [0.2, 0.25) is 5.91 Å². The number of hydrogen-bond donors (Lipinski definition) is 3.